The van der Waals surface area contributed by atoms with Crippen molar-refractivity contribution in [3.8, 4) is 11.3 Å². The second-order valence-corrected chi connectivity index (χ2v) is 3.16. The lowest BCUT2D eigenvalue weighted by molar-refractivity contribution is 1.33. The lowest BCUT2D eigenvalue weighted by atomic mass is 10.1. The third-order valence-corrected chi connectivity index (χ3v) is 2.06. The van der Waals surface area contributed by atoms with Crippen molar-refractivity contribution in [3.05, 3.63) is 53.7 Å². The van der Waals surface area contributed by atoms with Crippen LogP contribution in [0.1, 0.15) is 0 Å². The highest BCUT2D eigenvalue weighted by molar-refractivity contribution is 6.30. The van der Waals surface area contributed by atoms with Crippen LogP contribution in [-0.2, 0) is 0 Å². The van der Waals surface area contributed by atoms with Crippen LogP contribution < -0.4 is 0 Å². The largest absolute Gasteiger partial charge is 0.256 e. The SMILES string of the molecule is Clc1ccc(-c2ccccn2)cc1. The molecule has 0 bridgehead atoms. The minimum atomic E-state index is 0.750. The number of halogens is 1. The molecular formula is C11H8ClN. The van der Waals surface area contributed by atoms with E-state index < -0.39 is 0 Å². The van der Waals surface area contributed by atoms with Gasteiger partial charge in [0.1, 0.15) is 0 Å². The van der Waals surface area contributed by atoms with Crippen LogP contribution in [0.4, 0.5) is 0 Å². The fourth-order valence-electron chi connectivity index (χ4n) is 1.15. The van der Waals surface area contributed by atoms with E-state index in [1.165, 1.54) is 0 Å². The molecule has 1 nitrogen and oxygen atoms in total. The van der Waals surface area contributed by atoms with Crippen molar-refractivity contribution in [2.75, 3.05) is 0 Å². The monoisotopic (exact) mass is 189 g/mol. The normalized spacial score (nSPS) is 9.92. The highest BCUT2D eigenvalue weighted by Gasteiger charge is 1.96. The van der Waals surface area contributed by atoms with E-state index >= 15 is 0 Å². The molecule has 1 heterocycles. The van der Waals surface area contributed by atoms with Gasteiger partial charge in [0, 0.05) is 16.8 Å². The molecule has 0 aliphatic rings. The van der Waals surface area contributed by atoms with E-state index in [0.29, 0.717) is 0 Å². The fraction of sp³-hybridized carbons (Fsp3) is 0. The van der Waals surface area contributed by atoms with E-state index in [1.807, 2.05) is 42.5 Å². The van der Waals surface area contributed by atoms with Gasteiger partial charge in [-0.3, -0.25) is 4.98 Å². The van der Waals surface area contributed by atoms with Gasteiger partial charge in [0.25, 0.3) is 0 Å². The standard InChI is InChI=1S/C11H8ClN/c12-10-6-4-9(5-7-10)11-3-1-2-8-13-11/h1-8H. The molecule has 0 aliphatic carbocycles. The molecule has 2 heteroatoms. The van der Waals surface area contributed by atoms with Gasteiger partial charge >= 0.3 is 0 Å². The van der Waals surface area contributed by atoms with Crippen LogP contribution in [0.15, 0.2) is 48.7 Å². The lowest BCUT2D eigenvalue weighted by Gasteiger charge is -1.98. The second kappa shape index (κ2) is 3.58. The first kappa shape index (κ1) is 8.27. The zero-order chi connectivity index (χ0) is 9.10. The third kappa shape index (κ3) is 1.87. The van der Waals surface area contributed by atoms with E-state index in [0.717, 1.165) is 16.3 Å². The van der Waals surface area contributed by atoms with Crippen molar-refractivity contribution in [2.24, 2.45) is 0 Å². The topological polar surface area (TPSA) is 12.9 Å². The number of benzene rings is 1. The molecule has 64 valence electrons. The molecule has 13 heavy (non-hydrogen) atoms. The summed E-state index contributed by atoms with van der Waals surface area (Å²) in [6, 6.07) is 13.5. The van der Waals surface area contributed by atoms with Gasteiger partial charge in [-0.05, 0) is 24.3 Å². The molecule has 0 saturated carbocycles. The molecule has 1 aromatic carbocycles. The Labute approximate surface area is 82.0 Å². The summed E-state index contributed by atoms with van der Waals surface area (Å²) in [6.07, 6.45) is 1.78. The molecule has 0 amide bonds. The van der Waals surface area contributed by atoms with Gasteiger partial charge in [0.05, 0.1) is 5.69 Å². The minimum Gasteiger partial charge on any atom is -0.256 e. The Kier molecular flexibility index (Phi) is 2.28. The van der Waals surface area contributed by atoms with Crippen LogP contribution in [0.25, 0.3) is 11.3 Å². The first-order valence-electron chi connectivity index (χ1n) is 4.03. The summed E-state index contributed by atoms with van der Waals surface area (Å²) in [5, 5.41) is 0.750. The van der Waals surface area contributed by atoms with Gasteiger partial charge in [0.15, 0.2) is 0 Å². The Morgan fingerprint density at radius 3 is 2.31 bits per heavy atom. The van der Waals surface area contributed by atoms with Crippen LogP contribution in [-0.4, -0.2) is 4.98 Å². The van der Waals surface area contributed by atoms with E-state index in [9.17, 15) is 0 Å². The molecule has 0 fully saturated rings. The summed E-state index contributed by atoms with van der Waals surface area (Å²) < 4.78 is 0. The molecule has 0 aliphatic heterocycles. The number of hydrogen-bond donors (Lipinski definition) is 0. The molecule has 1 aromatic heterocycles. The molecule has 0 spiro atoms. The van der Waals surface area contributed by atoms with Gasteiger partial charge in [-0.25, -0.2) is 0 Å². The zero-order valence-corrected chi connectivity index (χ0v) is 7.70. The van der Waals surface area contributed by atoms with Crippen molar-refractivity contribution >= 4 is 11.6 Å². The van der Waals surface area contributed by atoms with Crippen molar-refractivity contribution in [1.29, 1.82) is 0 Å². The van der Waals surface area contributed by atoms with Gasteiger partial charge in [0.2, 0.25) is 0 Å². The first-order chi connectivity index (χ1) is 6.36. The number of hydrogen-bond acceptors (Lipinski definition) is 1. The second-order valence-electron chi connectivity index (χ2n) is 2.72. The fourth-order valence-corrected chi connectivity index (χ4v) is 1.28. The minimum absolute atomic E-state index is 0.750. The predicted molar refractivity (Wildman–Crippen MR) is 54.7 cm³/mol. The van der Waals surface area contributed by atoms with Crippen LogP contribution in [0.2, 0.25) is 5.02 Å². The summed E-state index contributed by atoms with van der Waals surface area (Å²) in [4.78, 5) is 4.24. The highest BCUT2D eigenvalue weighted by Crippen LogP contribution is 2.18. The molecule has 0 saturated heterocycles. The smallest absolute Gasteiger partial charge is 0.0701 e. The van der Waals surface area contributed by atoms with Gasteiger partial charge < -0.3 is 0 Å². The molecule has 0 radical (unpaired) electrons. The maximum absolute atomic E-state index is 5.78. The Hall–Kier alpha value is -1.34. The van der Waals surface area contributed by atoms with Crippen LogP contribution in [0.5, 0.6) is 0 Å². The van der Waals surface area contributed by atoms with E-state index in [-0.39, 0.29) is 0 Å². The van der Waals surface area contributed by atoms with Gasteiger partial charge in [-0.1, -0.05) is 29.8 Å². The van der Waals surface area contributed by atoms with Crippen molar-refractivity contribution in [1.82, 2.24) is 4.98 Å². The van der Waals surface area contributed by atoms with E-state index in [1.54, 1.807) is 6.20 Å². The highest BCUT2D eigenvalue weighted by atomic mass is 35.5. The summed E-state index contributed by atoms with van der Waals surface area (Å²) in [7, 11) is 0. The average Bonchev–Trinajstić information content (AvgIpc) is 2.20. The van der Waals surface area contributed by atoms with Gasteiger partial charge in [-0.15, -0.1) is 0 Å². The third-order valence-electron chi connectivity index (χ3n) is 1.80. The van der Waals surface area contributed by atoms with Crippen LogP contribution in [0, 0.1) is 0 Å². The Morgan fingerprint density at radius 1 is 0.923 bits per heavy atom. The molecule has 0 N–H and O–H groups in total. The summed E-state index contributed by atoms with van der Waals surface area (Å²) in [5.41, 5.74) is 2.06. The van der Waals surface area contributed by atoms with E-state index in [4.69, 9.17) is 11.6 Å². The Morgan fingerprint density at radius 2 is 1.69 bits per heavy atom. The quantitative estimate of drug-likeness (QED) is 0.670. The van der Waals surface area contributed by atoms with Gasteiger partial charge in [-0.2, -0.15) is 0 Å². The summed E-state index contributed by atoms with van der Waals surface area (Å²) in [6.45, 7) is 0. The number of rotatable bonds is 1. The molecule has 2 aromatic rings. The molecule has 0 atom stereocenters. The van der Waals surface area contributed by atoms with Crippen molar-refractivity contribution in [3.63, 3.8) is 0 Å². The first-order valence-corrected chi connectivity index (χ1v) is 4.41. The lowest BCUT2D eigenvalue weighted by Crippen LogP contribution is -1.80. The zero-order valence-electron chi connectivity index (χ0n) is 6.94. The number of nitrogens with zero attached hydrogens (tertiary/aromatic N) is 1. The van der Waals surface area contributed by atoms with Crippen molar-refractivity contribution in [2.45, 2.75) is 0 Å². The molecular weight excluding hydrogens is 182 g/mol. The molecule has 0 unspecified atom stereocenters. The Bertz CT molecular complexity index is 381. The predicted octanol–water partition coefficient (Wildman–Crippen LogP) is 3.40. The average molecular weight is 190 g/mol. The molecule has 2 rings (SSSR count). The van der Waals surface area contributed by atoms with Crippen LogP contribution >= 0.6 is 11.6 Å². The summed E-state index contributed by atoms with van der Waals surface area (Å²) >= 11 is 5.78. The maximum Gasteiger partial charge on any atom is 0.0701 e. The van der Waals surface area contributed by atoms with Crippen LogP contribution in [0.3, 0.4) is 0 Å². The Balaban J connectivity index is 2.42. The number of aromatic nitrogens is 1. The summed E-state index contributed by atoms with van der Waals surface area (Å²) in [5.74, 6) is 0. The maximum atomic E-state index is 5.78. The number of pyridine rings is 1. The van der Waals surface area contributed by atoms with E-state index in [2.05, 4.69) is 4.98 Å². The van der Waals surface area contributed by atoms with Crippen molar-refractivity contribution < 1.29 is 0 Å².